The van der Waals surface area contributed by atoms with Crippen LogP contribution in [0, 0.1) is 10.1 Å². The lowest BCUT2D eigenvalue weighted by Crippen LogP contribution is -2.20. The molecule has 0 bridgehead atoms. The van der Waals surface area contributed by atoms with Crippen molar-refractivity contribution in [3.8, 4) is 17.1 Å². The average Bonchev–Trinajstić information content (AvgIpc) is 2.94. The first-order valence-electron chi connectivity index (χ1n) is 11.4. The molecule has 4 aromatic carbocycles. The van der Waals surface area contributed by atoms with Gasteiger partial charge in [-0.1, -0.05) is 39.7 Å². The molecule has 1 aromatic heterocycles. The number of carbonyl (C=O) groups is 1. The summed E-state index contributed by atoms with van der Waals surface area (Å²) in [5.41, 5.74) is 1.13. The number of non-ortho nitro benzene ring substituents is 1. The normalized spacial score (nSPS) is 11.1. The number of aromatic nitrogens is 2. The second-order valence-corrected chi connectivity index (χ2v) is 9.55. The molecule has 0 unspecified atom stereocenters. The van der Waals surface area contributed by atoms with E-state index in [0.717, 1.165) is 0 Å². The van der Waals surface area contributed by atoms with Crippen molar-refractivity contribution in [1.29, 1.82) is 0 Å². The van der Waals surface area contributed by atoms with Crippen molar-refractivity contribution in [1.82, 2.24) is 9.66 Å². The molecule has 1 heterocycles. The predicted octanol–water partition coefficient (Wildman–Crippen LogP) is 6.49. The third-order valence-corrected chi connectivity index (χ3v) is 6.40. The fraction of sp³-hybridized carbons (Fsp3) is 0. The van der Waals surface area contributed by atoms with Crippen molar-refractivity contribution in [2.24, 2.45) is 5.10 Å². The molecule has 0 radical (unpaired) electrons. The first kappa shape index (κ1) is 26.0. The number of hydrogen-bond acceptors (Lipinski definition) is 7. The third-order valence-electron chi connectivity index (χ3n) is 5.66. The molecule has 0 amide bonds. The van der Waals surface area contributed by atoms with Gasteiger partial charge in [-0.15, -0.1) is 0 Å². The van der Waals surface area contributed by atoms with E-state index in [-0.39, 0.29) is 22.6 Å². The maximum absolute atomic E-state index is 13.4. The van der Waals surface area contributed by atoms with Crippen LogP contribution in [0.3, 0.4) is 0 Å². The summed E-state index contributed by atoms with van der Waals surface area (Å²) in [6.07, 6.45) is 1.39. The molecule has 0 spiro atoms. The maximum Gasteiger partial charge on any atom is 0.343 e. The molecule has 0 aliphatic carbocycles. The Balaban J connectivity index is 1.55. The van der Waals surface area contributed by atoms with Crippen LogP contribution in [0.15, 0.2) is 105 Å². The number of fused-ring (bicyclic) bond motifs is 1. The minimum atomic E-state index is -0.715. The molecule has 0 fully saturated rings. The van der Waals surface area contributed by atoms with Gasteiger partial charge in [0.1, 0.15) is 5.75 Å². The molecule has 39 heavy (non-hydrogen) atoms. The minimum absolute atomic E-state index is 0.131. The Hall–Kier alpha value is -4.67. The predicted molar refractivity (Wildman–Crippen MR) is 152 cm³/mol. The van der Waals surface area contributed by atoms with E-state index >= 15 is 0 Å². The van der Waals surface area contributed by atoms with Crippen molar-refractivity contribution in [2.45, 2.75) is 0 Å². The zero-order valence-electron chi connectivity index (χ0n) is 19.8. The van der Waals surface area contributed by atoms with Crippen LogP contribution in [0.2, 0.25) is 5.02 Å². The molecule has 0 aliphatic rings. The van der Waals surface area contributed by atoms with Gasteiger partial charge in [0, 0.05) is 32.8 Å². The molecule has 0 N–H and O–H groups in total. The third kappa shape index (κ3) is 5.62. The highest BCUT2D eigenvalue weighted by Gasteiger charge is 2.15. The van der Waals surface area contributed by atoms with Crippen LogP contribution < -0.4 is 10.3 Å². The van der Waals surface area contributed by atoms with E-state index in [1.54, 1.807) is 66.7 Å². The van der Waals surface area contributed by atoms with Crippen LogP contribution in [0.4, 0.5) is 5.69 Å². The number of nitro benzene ring substituents is 1. The quantitative estimate of drug-likeness (QED) is 0.0720. The Morgan fingerprint density at radius 1 is 1.03 bits per heavy atom. The Morgan fingerprint density at radius 2 is 1.74 bits per heavy atom. The van der Waals surface area contributed by atoms with E-state index in [1.165, 1.54) is 35.2 Å². The lowest BCUT2D eigenvalue weighted by Gasteiger charge is -2.11. The van der Waals surface area contributed by atoms with Gasteiger partial charge in [-0.2, -0.15) is 9.78 Å². The van der Waals surface area contributed by atoms with Gasteiger partial charge in [-0.25, -0.2) is 9.78 Å². The highest BCUT2D eigenvalue weighted by molar-refractivity contribution is 9.10. The summed E-state index contributed by atoms with van der Waals surface area (Å²) in [6.45, 7) is 0. The standard InChI is InChI=1S/C28H16BrClN4O5/c29-20-9-14-25(39-28(36)18-7-12-22(13-8-18)34(37)38)19(15-20)16-31-33-26(17-5-10-21(30)11-6-17)32-24-4-2-1-3-23(24)27(33)35/h1-16H. The van der Waals surface area contributed by atoms with Crippen LogP contribution in [0.5, 0.6) is 5.75 Å². The van der Waals surface area contributed by atoms with Crippen molar-refractivity contribution < 1.29 is 14.5 Å². The van der Waals surface area contributed by atoms with Crippen LogP contribution in [0.25, 0.3) is 22.3 Å². The number of esters is 1. The summed E-state index contributed by atoms with van der Waals surface area (Å²) in [7, 11) is 0. The van der Waals surface area contributed by atoms with Gasteiger partial charge >= 0.3 is 5.97 Å². The Kier molecular flexibility index (Phi) is 7.31. The van der Waals surface area contributed by atoms with Crippen molar-refractivity contribution in [3.05, 3.63) is 132 Å². The molecular formula is C28H16BrClN4O5. The molecule has 9 nitrogen and oxygen atoms in total. The van der Waals surface area contributed by atoms with Crippen molar-refractivity contribution >= 4 is 56.3 Å². The van der Waals surface area contributed by atoms with Crippen LogP contribution in [0.1, 0.15) is 15.9 Å². The molecule has 192 valence electrons. The molecule has 5 rings (SSSR count). The number of para-hydroxylation sites is 1. The van der Waals surface area contributed by atoms with E-state index in [9.17, 15) is 19.7 Å². The highest BCUT2D eigenvalue weighted by Crippen LogP contribution is 2.25. The number of ether oxygens (including phenoxy) is 1. The van der Waals surface area contributed by atoms with E-state index in [0.29, 0.717) is 37.3 Å². The summed E-state index contributed by atoms with van der Waals surface area (Å²) in [4.78, 5) is 41.2. The molecule has 0 atom stereocenters. The summed E-state index contributed by atoms with van der Waals surface area (Å²) in [6, 6.07) is 23.8. The number of benzene rings is 4. The molecule has 5 aromatic rings. The van der Waals surface area contributed by atoms with E-state index < -0.39 is 10.9 Å². The van der Waals surface area contributed by atoms with Crippen molar-refractivity contribution in [2.75, 3.05) is 0 Å². The van der Waals surface area contributed by atoms with E-state index in [4.69, 9.17) is 16.3 Å². The summed E-state index contributed by atoms with van der Waals surface area (Å²) in [5.74, 6) is -0.251. The van der Waals surface area contributed by atoms with E-state index in [2.05, 4.69) is 26.0 Å². The number of nitrogens with zero attached hydrogens (tertiary/aromatic N) is 4. The highest BCUT2D eigenvalue weighted by atomic mass is 79.9. The Bertz CT molecular complexity index is 1820. The van der Waals surface area contributed by atoms with Gasteiger partial charge in [-0.3, -0.25) is 14.9 Å². The zero-order valence-corrected chi connectivity index (χ0v) is 22.2. The molecule has 0 saturated carbocycles. The second-order valence-electron chi connectivity index (χ2n) is 8.20. The molecule has 11 heteroatoms. The van der Waals surface area contributed by atoms with Crippen LogP contribution >= 0.6 is 27.5 Å². The zero-order chi connectivity index (χ0) is 27.5. The number of hydrogen-bond donors (Lipinski definition) is 0. The lowest BCUT2D eigenvalue weighted by molar-refractivity contribution is -0.384. The fourth-order valence-corrected chi connectivity index (χ4v) is 4.23. The smallest absolute Gasteiger partial charge is 0.343 e. The van der Waals surface area contributed by atoms with Gasteiger partial charge < -0.3 is 4.74 Å². The maximum atomic E-state index is 13.4. The molecular weight excluding hydrogens is 588 g/mol. The topological polar surface area (TPSA) is 117 Å². The molecule has 0 saturated heterocycles. The first-order chi connectivity index (χ1) is 18.8. The minimum Gasteiger partial charge on any atom is -0.422 e. The largest absolute Gasteiger partial charge is 0.422 e. The number of rotatable bonds is 6. The van der Waals surface area contributed by atoms with Gasteiger partial charge in [0.05, 0.1) is 27.6 Å². The lowest BCUT2D eigenvalue weighted by atomic mass is 10.2. The van der Waals surface area contributed by atoms with Crippen LogP contribution in [-0.4, -0.2) is 26.8 Å². The van der Waals surface area contributed by atoms with Gasteiger partial charge in [-0.05, 0) is 66.7 Å². The Morgan fingerprint density at radius 3 is 2.46 bits per heavy atom. The Labute approximate surface area is 234 Å². The number of halogens is 2. The summed E-state index contributed by atoms with van der Waals surface area (Å²) >= 11 is 9.45. The first-order valence-corrected chi connectivity index (χ1v) is 12.6. The summed E-state index contributed by atoms with van der Waals surface area (Å²) < 4.78 is 7.42. The number of carbonyl (C=O) groups excluding carboxylic acids is 1. The monoisotopic (exact) mass is 602 g/mol. The fourth-order valence-electron chi connectivity index (χ4n) is 3.73. The van der Waals surface area contributed by atoms with Crippen molar-refractivity contribution in [3.63, 3.8) is 0 Å². The van der Waals surface area contributed by atoms with Gasteiger partial charge in [0.2, 0.25) is 0 Å². The van der Waals surface area contributed by atoms with Gasteiger partial charge in [0.15, 0.2) is 5.82 Å². The van der Waals surface area contributed by atoms with Gasteiger partial charge in [0.25, 0.3) is 11.2 Å². The second kappa shape index (κ2) is 11.0. The average molecular weight is 604 g/mol. The number of nitro groups is 1. The van der Waals surface area contributed by atoms with Crippen LogP contribution in [-0.2, 0) is 0 Å². The summed E-state index contributed by atoms with van der Waals surface area (Å²) in [5, 5.41) is 16.2. The molecule has 0 aliphatic heterocycles. The SMILES string of the molecule is O=C(Oc1ccc(Br)cc1C=Nn1c(-c2ccc(Cl)cc2)nc2ccccc2c1=O)c1ccc([N+](=O)[O-])cc1. The van der Waals surface area contributed by atoms with E-state index in [1.807, 2.05) is 0 Å².